The van der Waals surface area contributed by atoms with Crippen LogP contribution in [0.5, 0.6) is 0 Å². The smallest absolute Gasteiger partial charge is 0.341 e. The molecular weight excluding hydrogens is 442 g/mol. The van der Waals surface area contributed by atoms with Crippen molar-refractivity contribution in [3.05, 3.63) is 10.9 Å². The molecule has 1 spiro atoms. The average molecular weight is 479 g/mol. The van der Waals surface area contributed by atoms with Crippen LogP contribution in [0.25, 0.3) is 0 Å². The van der Waals surface area contributed by atoms with Gasteiger partial charge in [-0.3, -0.25) is 0 Å². The molecule has 32 heavy (non-hydrogen) atoms. The van der Waals surface area contributed by atoms with E-state index in [0.717, 1.165) is 32.1 Å². The number of carbonyl (C=O) groups excluding carboxylic acids is 2. The van der Waals surface area contributed by atoms with E-state index in [2.05, 4.69) is 9.56 Å². The normalized spacial score (nSPS) is 35.2. The van der Waals surface area contributed by atoms with Gasteiger partial charge in [0.2, 0.25) is 0 Å². The molecule has 5 rings (SSSR count). The Morgan fingerprint density at radius 1 is 0.969 bits per heavy atom. The van der Waals surface area contributed by atoms with Crippen molar-refractivity contribution in [2.45, 2.75) is 121 Å². The minimum atomic E-state index is -0.953. The number of hydrazine groups is 1. The molecule has 8 heteroatoms. The lowest BCUT2D eigenvalue weighted by molar-refractivity contribution is -0.153. The van der Waals surface area contributed by atoms with Crippen LogP contribution < -0.4 is 0 Å². The van der Waals surface area contributed by atoms with Crippen LogP contribution >= 0.6 is 16.4 Å². The van der Waals surface area contributed by atoms with Crippen molar-refractivity contribution in [1.29, 1.82) is 0 Å². The summed E-state index contributed by atoms with van der Waals surface area (Å²) < 4.78 is 17.0. The van der Waals surface area contributed by atoms with Gasteiger partial charge in [-0.15, -0.1) is 0 Å². The summed E-state index contributed by atoms with van der Waals surface area (Å²) >= 11 is 0. The lowest BCUT2D eigenvalue weighted by Crippen LogP contribution is -2.53. The number of carbonyl (C=O) groups is 2. The molecule has 2 saturated carbocycles. The minimum absolute atomic E-state index is 0.305. The monoisotopic (exact) mass is 478 g/mol. The van der Waals surface area contributed by atoms with Crippen LogP contribution in [-0.2, 0) is 19.1 Å². The van der Waals surface area contributed by atoms with Crippen molar-refractivity contribution < 1.29 is 19.1 Å². The first-order valence-electron chi connectivity index (χ1n) is 12.1. The molecule has 3 aliphatic heterocycles. The SMILES string of the molecule is CC(C)(C)OC(=O)C1=C(C(=O)OC(C)(C)C)C23CCCCC2=PN2C4CCCCC4P1N23. The van der Waals surface area contributed by atoms with Crippen LogP contribution in [0.3, 0.4) is 0 Å². The van der Waals surface area contributed by atoms with Gasteiger partial charge in [0.15, 0.2) is 0 Å². The van der Waals surface area contributed by atoms with E-state index < -0.39 is 24.8 Å². The molecule has 0 amide bonds. The van der Waals surface area contributed by atoms with Gasteiger partial charge in [0.05, 0.1) is 10.9 Å². The quantitative estimate of drug-likeness (QED) is 0.384. The van der Waals surface area contributed by atoms with Gasteiger partial charge in [-0.25, -0.2) is 9.59 Å². The Hall–Kier alpha value is -0.800. The second-order valence-corrected chi connectivity index (χ2v) is 15.0. The molecule has 6 nitrogen and oxygen atoms in total. The van der Waals surface area contributed by atoms with Crippen LogP contribution in [0.4, 0.5) is 0 Å². The van der Waals surface area contributed by atoms with Gasteiger partial charge in [-0.2, -0.15) is 9.56 Å². The zero-order valence-electron chi connectivity index (χ0n) is 20.2. The van der Waals surface area contributed by atoms with Crippen LogP contribution in [0.1, 0.15) is 92.9 Å². The van der Waals surface area contributed by atoms with Crippen LogP contribution in [-0.4, -0.2) is 55.2 Å². The maximum Gasteiger partial charge on any atom is 0.341 e. The van der Waals surface area contributed by atoms with E-state index in [-0.39, 0.29) is 11.9 Å². The predicted octanol–water partition coefficient (Wildman–Crippen LogP) is 5.54. The maximum atomic E-state index is 13.8. The summed E-state index contributed by atoms with van der Waals surface area (Å²) in [6.45, 7) is 11.4. The zero-order valence-corrected chi connectivity index (χ0v) is 22.0. The third kappa shape index (κ3) is 3.44. The molecule has 0 aromatic carbocycles. The Kier molecular flexibility index (Phi) is 5.46. The molecule has 3 heterocycles. The fourth-order valence-electron chi connectivity index (χ4n) is 6.05. The molecule has 5 aliphatic rings. The van der Waals surface area contributed by atoms with Crippen molar-refractivity contribution in [3.8, 4) is 0 Å². The maximum absolute atomic E-state index is 13.8. The number of rotatable bonds is 2. The first kappa shape index (κ1) is 23.0. The van der Waals surface area contributed by atoms with Crippen molar-refractivity contribution in [2.75, 3.05) is 0 Å². The van der Waals surface area contributed by atoms with Crippen LogP contribution in [0.15, 0.2) is 10.9 Å². The summed E-state index contributed by atoms with van der Waals surface area (Å²) in [6, 6.07) is 0.476. The summed E-state index contributed by atoms with van der Waals surface area (Å²) in [7, 11) is 0.296. The predicted molar refractivity (Wildman–Crippen MR) is 128 cm³/mol. The average Bonchev–Trinajstić information content (AvgIpc) is 3.26. The van der Waals surface area contributed by atoms with E-state index in [1.165, 1.54) is 32.9 Å². The molecule has 4 unspecified atom stereocenters. The van der Waals surface area contributed by atoms with Crippen molar-refractivity contribution in [2.24, 2.45) is 0 Å². The van der Waals surface area contributed by atoms with E-state index in [1.807, 2.05) is 41.5 Å². The molecule has 0 N–H and O–H groups in total. The molecule has 1 saturated heterocycles. The zero-order chi connectivity index (χ0) is 23.1. The standard InChI is InChI=1S/C24H36N2O4P2/c1-22(2,3)29-20(27)18-19(21(28)30-23(4,5)6)32-16-12-8-7-11-15(16)25-26(32)24(18)14-10-9-13-17(24)31-25/h15-16H,7-14H2,1-6H3. The molecule has 176 valence electrons. The third-order valence-electron chi connectivity index (χ3n) is 7.02. The molecule has 0 aromatic rings. The summed E-state index contributed by atoms with van der Waals surface area (Å²) in [5, 5.41) is 2.04. The van der Waals surface area contributed by atoms with Gasteiger partial charge >= 0.3 is 11.9 Å². The highest BCUT2D eigenvalue weighted by Crippen LogP contribution is 2.77. The van der Waals surface area contributed by atoms with Gasteiger partial charge in [0.25, 0.3) is 0 Å². The van der Waals surface area contributed by atoms with Crippen molar-refractivity contribution >= 4 is 33.7 Å². The Bertz CT molecular complexity index is 916. The highest BCUT2D eigenvalue weighted by atomic mass is 31.1. The second kappa shape index (κ2) is 7.60. The Morgan fingerprint density at radius 3 is 2.31 bits per heavy atom. The fourth-order valence-corrected chi connectivity index (χ4v) is 11.9. The molecule has 0 aromatic heterocycles. The Balaban J connectivity index is 1.71. The number of ether oxygens (including phenoxy) is 2. The Morgan fingerprint density at radius 2 is 1.62 bits per heavy atom. The lowest BCUT2D eigenvalue weighted by Gasteiger charge is -2.41. The largest absolute Gasteiger partial charge is 0.457 e. The van der Waals surface area contributed by atoms with Gasteiger partial charge in [-0.05, 0) is 87.3 Å². The first-order valence-corrected chi connectivity index (χ1v) is 14.3. The second-order valence-electron chi connectivity index (χ2n) is 11.7. The van der Waals surface area contributed by atoms with E-state index in [0.29, 0.717) is 22.6 Å². The highest BCUT2D eigenvalue weighted by Gasteiger charge is 2.70. The summed E-state index contributed by atoms with van der Waals surface area (Å²) in [4.78, 5) is 27.6. The molecule has 2 aliphatic carbocycles. The third-order valence-corrected chi connectivity index (χ3v) is 11.7. The number of nitrogens with zero attached hydrogens (tertiary/aromatic N) is 2. The molecular formula is C24H36N2O4P2. The van der Waals surface area contributed by atoms with E-state index in [1.54, 1.807) is 0 Å². The molecule has 0 bridgehead atoms. The fraction of sp³-hybridized carbons (Fsp3) is 0.792. The highest BCUT2D eigenvalue weighted by molar-refractivity contribution is 7.63. The number of hydrogen-bond donors (Lipinski definition) is 0. The van der Waals surface area contributed by atoms with E-state index in [4.69, 9.17) is 9.47 Å². The first-order chi connectivity index (χ1) is 14.9. The van der Waals surface area contributed by atoms with Crippen molar-refractivity contribution in [3.63, 3.8) is 0 Å². The van der Waals surface area contributed by atoms with Crippen LogP contribution in [0.2, 0.25) is 0 Å². The van der Waals surface area contributed by atoms with E-state index >= 15 is 0 Å². The number of fused-ring (bicyclic) bond motifs is 3. The summed E-state index contributed by atoms with van der Waals surface area (Å²) in [5.74, 6) is -0.625. The summed E-state index contributed by atoms with van der Waals surface area (Å²) in [6.07, 6.45) is 8.88. The van der Waals surface area contributed by atoms with Crippen LogP contribution in [0, 0.1) is 0 Å². The van der Waals surface area contributed by atoms with Gasteiger partial charge in [-0.1, -0.05) is 19.3 Å². The number of hydrogen-bond acceptors (Lipinski definition) is 6. The minimum Gasteiger partial charge on any atom is -0.457 e. The van der Waals surface area contributed by atoms with E-state index in [9.17, 15) is 9.59 Å². The van der Waals surface area contributed by atoms with Gasteiger partial charge in [0, 0.05) is 19.8 Å². The Labute approximate surface area is 194 Å². The lowest BCUT2D eigenvalue weighted by atomic mass is 9.76. The van der Waals surface area contributed by atoms with Gasteiger partial charge < -0.3 is 9.47 Å². The number of esters is 2. The molecule has 0 radical (unpaired) electrons. The molecule has 3 fully saturated rings. The van der Waals surface area contributed by atoms with Crippen molar-refractivity contribution in [1.82, 2.24) is 9.56 Å². The van der Waals surface area contributed by atoms with Gasteiger partial charge in [0.1, 0.15) is 16.7 Å². The topological polar surface area (TPSA) is 59.1 Å². The molecule has 4 atom stereocenters. The summed E-state index contributed by atoms with van der Waals surface area (Å²) in [5.41, 5.74) is -0.655.